The Morgan fingerprint density at radius 2 is 1.86 bits per heavy atom. The molecule has 0 aliphatic carbocycles. The first-order valence-electron chi connectivity index (χ1n) is 3.46. The number of rotatable bonds is 3. The van der Waals surface area contributed by atoms with Crippen molar-refractivity contribution >= 4 is 22.5 Å². The van der Waals surface area contributed by atoms with Gasteiger partial charge in [0.2, 0.25) is 0 Å². The highest BCUT2D eigenvalue weighted by Gasteiger charge is 2.08. The fraction of sp³-hybridized carbons (Fsp3) is 0.333. The molecule has 14 heavy (non-hydrogen) atoms. The minimum atomic E-state index is -4.05. The summed E-state index contributed by atoms with van der Waals surface area (Å²) in [5, 5.41) is 0. The summed E-state index contributed by atoms with van der Waals surface area (Å²) in [4.78, 5) is 7.41. The zero-order valence-corrected chi connectivity index (χ0v) is 8.75. The van der Waals surface area contributed by atoms with Crippen LogP contribution >= 0.6 is 12.4 Å². The van der Waals surface area contributed by atoms with Crippen molar-refractivity contribution in [3.8, 4) is 0 Å². The zero-order chi connectivity index (χ0) is 9.90. The molecule has 0 unspecified atom stereocenters. The second-order valence-corrected chi connectivity index (χ2v) is 3.89. The fourth-order valence-electron chi connectivity index (χ4n) is 0.725. The Morgan fingerprint density at radius 1 is 1.36 bits per heavy atom. The van der Waals surface area contributed by atoms with Gasteiger partial charge in [-0.3, -0.25) is 4.55 Å². The first-order chi connectivity index (χ1) is 6.01. The molecule has 0 aromatic carbocycles. The Kier molecular flexibility index (Phi) is 4.92. The van der Waals surface area contributed by atoms with E-state index in [2.05, 4.69) is 9.97 Å². The molecule has 1 heterocycles. The molecule has 0 aliphatic heterocycles. The van der Waals surface area contributed by atoms with Crippen LogP contribution in [-0.4, -0.2) is 22.9 Å². The van der Waals surface area contributed by atoms with Gasteiger partial charge in [-0.05, 0) is 0 Å². The zero-order valence-electron chi connectivity index (χ0n) is 7.12. The lowest BCUT2D eigenvalue weighted by Crippen LogP contribution is -2.07. The first kappa shape index (κ1) is 13.2. The van der Waals surface area contributed by atoms with Crippen LogP contribution in [0.2, 0.25) is 0 Å². The van der Waals surface area contributed by atoms with Crippen molar-refractivity contribution in [2.24, 2.45) is 5.73 Å². The molecule has 1 rings (SSSR count). The van der Waals surface area contributed by atoms with Gasteiger partial charge in [0, 0.05) is 24.5 Å². The summed E-state index contributed by atoms with van der Waals surface area (Å²) in [6.07, 6.45) is 2.85. The van der Waals surface area contributed by atoms with Crippen molar-refractivity contribution in [3.63, 3.8) is 0 Å². The predicted molar refractivity (Wildman–Crippen MR) is 52.4 cm³/mol. The standard InChI is InChI=1S/C6H9N3O3S.ClH/c7-1-5-2-8-6(9-3-5)4-13(10,11)12;/h2-3H,1,4,7H2,(H,10,11,12);1H. The highest BCUT2D eigenvalue weighted by molar-refractivity contribution is 7.84. The number of hydrogen-bond acceptors (Lipinski definition) is 5. The predicted octanol–water partition coefficient (Wildman–Crippen LogP) is -0.255. The van der Waals surface area contributed by atoms with Gasteiger partial charge in [0.05, 0.1) is 0 Å². The largest absolute Gasteiger partial charge is 0.326 e. The smallest absolute Gasteiger partial charge is 0.272 e. The van der Waals surface area contributed by atoms with Gasteiger partial charge >= 0.3 is 0 Å². The van der Waals surface area contributed by atoms with Crippen LogP contribution in [0.4, 0.5) is 0 Å². The summed E-state index contributed by atoms with van der Waals surface area (Å²) in [7, 11) is -4.05. The van der Waals surface area contributed by atoms with E-state index in [0.29, 0.717) is 12.1 Å². The van der Waals surface area contributed by atoms with Crippen LogP contribution in [0, 0.1) is 0 Å². The van der Waals surface area contributed by atoms with Crippen molar-refractivity contribution in [2.45, 2.75) is 12.3 Å². The average molecular weight is 240 g/mol. The molecular formula is C6H10ClN3O3S. The van der Waals surface area contributed by atoms with Gasteiger partial charge in [0.25, 0.3) is 10.1 Å². The molecule has 0 aliphatic rings. The third-order valence-electron chi connectivity index (χ3n) is 1.31. The van der Waals surface area contributed by atoms with E-state index in [4.69, 9.17) is 10.3 Å². The molecule has 0 atom stereocenters. The van der Waals surface area contributed by atoms with Crippen molar-refractivity contribution in [1.82, 2.24) is 9.97 Å². The van der Waals surface area contributed by atoms with E-state index < -0.39 is 15.9 Å². The van der Waals surface area contributed by atoms with Crippen LogP contribution in [0.25, 0.3) is 0 Å². The molecule has 0 radical (unpaired) electrons. The minimum Gasteiger partial charge on any atom is -0.326 e. The van der Waals surface area contributed by atoms with Crippen LogP contribution in [0.1, 0.15) is 11.4 Å². The summed E-state index contributed by atoms with van der Waals surface area (Å²) in [5.74, 6) is -0.516. The Labute approximate surface area is 87.7 Å². The molecule has 0 amide bonds. The maximum atomic E-state index is 10.4. The molecule has 1 aromatic rings. The minimum absolute atomic E-state index is 0. The SMILES string of the molecule is Cl.NCc1cnc(CS(=O)(=O)O)nc1. The van der Waals surface area contributed by atoms with Gasteiger partial charge in [-0.2, -0.15) is 8.42 Å². The number of aromatic nitrogens is 2. The lowest BCUT2D eigenvalue weighted by atomic mass is 10.3. The van der Waals surface area contributed by atoms with E-state index in [9.17, 15) is 8.42 Å². The molecular weight excluding hydrogens is 230 g/mol. The monoisotopic (exact) mass is 239 g/mol. The van der Waals surface area contributed by atoms with Crippen molar-refractivity contribution in [3.05, 3.63) is 23.8 Å². The summed E-state index contributed by atoms with van der Waals surface area (Å²) in [6, 6.07) is 0. The Morgan fingerprint density at radius 3 is 2.21 bits per heavy atom. The summed E-state index contributed by atoms with van der Waals surface area (Å²) < 4.78 is 29.3. The third-order valence-corrected chi connectivity index (χ3v) is 1.93. The quantitative estimate of drug-likeness (QED) is 0.705. The summed E-state index contributed by atoms with van der Waals surface area (Å²) in [6.45, 7) is 0.298. The first-order valence-corrected chi connectivity index (χ1v) is 5.07. The molecule has 0 spiro atoms. The van der Waals surface area contributed by atoms with E-state index in [0.717, 1.165) is 0 Å². The van der Waals surface area contributed by atoms with Crippen molar-refractivity contribution < 1.29 is 13.0 Å². The Hall–Kier alpha value is -0.760. The van der Waals surface area contributed by atoms with E-state index in [1.807, 2.05) is 0 Å². The van der Waals surface area contributed by atoms with E-state index in [-0.39, 0.29) is 18.2 Å². The second kappa shape index (κ2) is 5.20. The Balaban J connectivity index is 0.00000169. The lowest BCUT2D eigenvalue weighted by Gasteiger charge is -1.97. The lowest BCUT2D eigenvalue weighted by molar-refractivity contribution is 0.480. The van der Waals surface area contributed by atoms with Gasteiger partial charge < -0.3 is 5.73 Å². The molecule has 8 heteroatoms. The number of hydrogen-bond donors (Lipinski definition) is 2. The highest BCUT2D eigenvalue weighted by atomic mass is 35.5. The van der Waals surface area contributed by atoms with Crippen LogP contribution in [0.5, 0.6) is 0 Å². The molecule has 80 valence electrons. The summed E-state index contributed by atoms with van der Waals surface area (Å²) in [5.41, 5.74) is 5.99. The van der Waals surface area contributed by atoms with Crippen LogP contribution in [0.15, 0.2) is 12.4 Å². The number of nitrogens with zero attached hydrogens (tertiary/aromatic N) is 2. The Bertz CT molecular complexity index is 378. The normalized spacial score (nSPS) is 10.7. The molecule has 6 nitrogen and oxygen atoms in total. The van der Waals surface area contributed by atoms with Crippen LogP contribution < -0.4 is 5.73 Å². The molecule has 0 saturated heterocycles. The van der Waals surface area contributed by atoms with Gasteiger partial charge in [0.15, 0.2) is 0 Å². The highest BCUT2D eigenvalue weighted by Crippen LogP contribution is 1.98. The summed E-state index contributed by atoms with van der Waals surface area (Å²) >= 11 is 0. The van der Waals surface area contributed by atoms with Crippen molar-refractivity contribution in [1.29, 1.82) is 0 Å². The molecule has 0 fully saturated rings. The van der Waals surface area contributed by atoms with Crippen molar-refractivity contribution in [2.75, 3.05) is 0 Å². The van der Waals surface area contributed by atoms with E-state index in [1.165, 1.54) is 12.4 Å². The van der Waals surface area contributed by atoms with Gasteiger partial charge in [-0.1, -0.05) is 0 Å². The van der Waals surface area contributed by atoms with Gasteiger partial charge in [-0.15, -0.1) is 12.4 Å². The van der Waals surface area contributed by atoms with Crippen LogP contribution in [0.3, 0.4) is 0 Å². The second-order valence-electron chi connectivity index (χ2n) is 2.44. The molecule has 3 N–H and O–H groups in total. The molecule has 0 saturated carbocycles. The molecule has 0 bridgehead atoms. The van der Waals surface area contributed by atoms with E-state index >= 15 is 0 Å². The van der Waals surface area contributed by atoms with Gasteiger partial charge in [0.1, 0.15) is 11.6 Å². The topological polar surface area (TPSA) is 106 Å². The maximum Gasteiger partial charge on any atom is 0.272 e. The number of halogens is 1. The van der Waals surface area contributed by atoms with E-state index in [1.54, 1.807) is 0 Å². The third kappa shape index (κ3) is 4.47. The van der Waals surface area contributed by atoms with Gasteiger partial charge in [-0.25, -0.2) is 9.97 Å². The number of nitrogens with two attached hydrogens (primary N) is 1. The fourth-order valence-corrected chi connectivity index (χ4v) is 1.20. The van der Waals surface area contributed by atoms with Crippen LogP contribution in [-0.2, 0) is 22.4 Å². The maximum absolute atomic E-state index is 10.4. The molecule has 1 aromatic heterocycles. The average Bonchev–Trinajstić information content (AvgIpc) is 2.03.